The third kappa shape index (κ3) is 3.24. The molecule has 1 aliphatic heterocycles. The number of rotatable bonds is 4. The lowest BCUT2D eigenvalue weighted by Gasteiger charge is -2.29. The molecule has 0 radical (unpaired) electrons. The first kappa shape index (κ1) is 13.4. The highest BCUT2D eigenvalue weighted by molar-refractivity contribution is 5.50. The predicted molar refractivity (Wildman–Crippen MR) is 75.9 cm³/mol. The average Bonchev–Trinajstić information content (AvgIpc) is 2.39. The van der Waals surface area contributed by atoms with Gasteiger partial charge in [0.25, 0.3) is 0 Å². The molecule has 0 aliphatic carbocycles. The number of ether oxygens (including phenoxy) is 1. The molecule has 1 heterocycles. The molecule has 0 amide bonds. The van der Waals surface area contributed by atoms with Gasteiger partial charge < -0.3 is 15.4 Å². The highest BCUT2D eigenvalue weighted by atomic mass is 16.5. The molecule has 100 valence electrons. The highest BCUT2D eigenvalue weighted by Gasteiger charge is 2.16. The summed E-state index contributed by atoms with van der Waals surface area (Å²) in [5, 5.41) is 0. The van der Waals surface area contributed by atoms with Crippen molar-refractivity contribution >= 4 is 5.69 Å². The molecule has 1 unspecified atom stereocenters. The van der Waals surface area contributed by atoms with Crippen LogP contribution >= 0.6 is 0 Å². The molecule has 1 atom stereocenters. The Morgan fingerprint density at radius 1 is 1.39 bits per heavy atom. The average molecular weight is 248 g/mol. The van der Waals surface area contributed by atoms with E-state index in [2.05, 4.69) is 37.1 Å². The lowest BCUT2D eigenvalue weighted by atomic mass is 10.1. The summed E-state index contributed by atoms with van der Waals surface area (Å²) in [5.74, 6) is 0. The number of anilines is 1. The Kier molecular flexibility index (Phi) is 4.61. The SMILES string of the molecule is Cc1cc(N(C)CC2CCCCO2)ccc1CN. The first-order valence-electron chi connectivity index (χ1n) is 6.83. The zero-order valence-corrected chi connectivity index (χ0v) is 11.5. The minimum absolute atomic E-state index is 0.387. The maximum absolute atomic E-state index is 5.78. The normalized spacial score (nSPS) is 19.8. The Morgan fingerprint density at radius 2 is 2.22 bits per heavy atom. The molecular weight excluding hydrogens is 224 g/mol. The molecule has 1 aromatic rings. The van der Waals surface area contributed by atoms with Crippen molar-refractivity contribution in [1.29, 1.82) is 0 Å². The second-order valence-corrected chi connectivity index (χ2v) is 5.18. The van der Waals surface area contributed by atoms with Gasteiger partial charge in [-0.15, -0.1) is 0 Å². The number of benzene rings is 1. The van der Waals surface area contributed by atoms with Gasteiger partial charge in [-0.2, -0.15) is 0 Å². The fourth-order valence-electron chi connectivity index (χ4n) is 2.51. The first-order chi connectivity index (χ1) is 8.70. The molecule has 3 heteroatoms. The van der Waals surface area contributed by atoms with Crippen LogP contribution in [0.25, 0.3) is 0 Å². The number of nitrogens with two attached hydrogens (primary N) is 1. The Hall–Kier alpha value is -1.06. The first-order valence-corrected chi connectivity index (χ1v) is 6.83. The van der Waals surface area contributed by atoms with E-state index in [-0.39, 0.29) is 0 Å². The van der Waals surface area contributed by atoms with Gasteiger partial charge in [0.05, 0.1) is 6.10 Å². The fraction of sp³-hybridized carbons (Fsp3) is 0.600. The van der Waals surface area contributed by atoms with Crippen LogP contribution in [0.15, 0.2) is 18.2 Å². The third-order valence-electron chi connectivity index (χ3n) is 3.74. The summed E-state index contributed by atoms with van der Waals surface area (Å²) in [5.41, 5.74) is 9.43. The van der Waals surface area contributed by atoms with E-state index in [9.17, 15) is 0 Å². The van der Waals surface area contributed by atoms with Crippen LogP contribution in [0.5, 0.6) is 0 Å². The van der Waals surface area contributed by atoms with E-state index in [1.165, 1.54) is 36.1 Å². The van der Waals surface area contributed by atoms with Crippen LogP contribution in [-0.2, 0) is 11.3 Å². The maximum Gasteiger partial charge on any atom is 0.0749 e. The summed E-state index contributed by atoms with van der Waals surface area (Å²) in [7, 11) is 2.13. The van der Waals surface area contributed by atoms with Gasteiger partial charge in [0.15, 0.2) is 0 Å². The van der Waals surface area contributed by atoms with Crippen molar-refractivity contribution in [3.05, 3.63) is 29.3 Å². The van der Waals surface area contributed by atoms with E-state index < -0.39 is 0 Å². The highest BCUT2D eigenvalue weighted by Crippen LogP contribution is 2.20. The van der Waals surface area contributed by atoms with Gasteiger partial charge in [-0.05, 0) is 49.4 Å². The van der Waals surface area contributed by atoms with E-state index >= 15 is 0 Å². The summed E-state index contributed by atoms with van der Waals surface area (Å²) in [6.45, 7) is 4.63. The molecule has 0 saturated carbocycles. The molecule has 1 aliphatic rings. The Balaban J connectivity index is 1.99. The molecule has 2 N–H and O–H groups in total. The number of nitrogens with zero attached hydrogens (tertiary/aromatic N) is 1. The number of aryl methyl sites for hydroxylation is 1. The van der Waals surface area contributed by atoms with Gasteiger partial charge in [-0.25, -0.2) is 0 Å². The zero-order valence-electron chi connectivity index (χ0n) is 11.5. The summed E-state index contributed by atoms with van der Waals surface area (Å²) in [6.07, 6.45) is 4.08. The monoisotopic (exact) mass is 248 g/mol. The minimum Gasteiger partial charge on any atom is -0.376 e. The summed E-state index contributed by atoms with van der Waals surface area (Å²) < 4.78 is 5.78. The molecule has 3 nitrogen and oxygen atoms in total. The van der Waals surface area contributed by atoms with Crippen molar-refractivity contribution in [2.75, 3.05) is 25.1 Å². The predicted octanol–water partition coefficient (Wildman–Crippen LogP) is 2.46. The van der Waals surface area contributed by atoms with Gasteiger partial charge in [0.1, 0.15) is 0 Å². The van der Waals surface area contributed by atoms with Crippen molar-refractivity contribution in [3.8, 4) is 0 Å². The fourth-order valence-corrected chi connectivity index (χ4v) is 2.51. The molecule has 1 aromatic carbocycles. The van der Waals surface area contributed by atoms with Gasteiger partial charge in [0, 0.05) is 32.4 Å². The van der Waals surface area contributed by atoms with Crippen LogP contribution in [0.3, 0.4) is 0 Å². The van der Waals surface area contributed by atoms with Crippen molar-refractivity contribution in [2.24, 2.45) is 5.73 Å². The molecule has 2 rings (SSSR count). The molecule has 0 bridgehead atoms. The van der Waals surface area contributed by atoms with Crippen molar-refractivity contribution in [1.82, 2.24) is 0 Å². The van der Waals surface area contributed by atoms with E-state index in [1.54, 1.807) is 0 Å². The Labute approximate surface area is 110 Å². The topological polar surface area (TPSA) is 38.5 Å². The van der Waals surface area contributed by atoms with Crippen LogP contribution in [0, 0.1) is 6.92 Å². The van der Waals surface area contributed by atoms with Crippen molar-refractivity contribution in [2.45, 2.75) is 38.8 Å². The van der Waals surface area contributed by atoms with Gasteiger partial charge in [0.2, 0.25) is 0 Å². The van der Waals surface area contributed by atoms with Gasteiger partial charge in [-0.1, -0.05) is 6.07 Å². The smallest absolute Gasteiger partial charge is 0.0749 e. The summed E-state index contributed by atoms with van der Waals surface area (Å²) >= 11 is 0. The molecule has 1 fully saturated rings. The van der Waals surface area contributed by atoms with E-state index in [1.807, 2.05) is 0 Å². The lowest BCUT2D eigenvalue weighted by molar-refractivity contribution is 0.0216. The van der Waals surface area contributed by atoms with Crippen LogP contribution in [-0.4, -0.2) is 26.3 Å². The van der Waals surface area contributed by atoms with E-state index in [0.29, 0.717) is 12.6 Å². The number of hydrogen-bond donors (Lipinski definition) is 1. The van der Waals surface area contributed by atoms with Crippen LogP contribution in [0.2, 0.25) is 0 Å². The van der Waals surface area contributed by atoms with E-state index in [0.717, 1.165) is 13.2 Å². The molecular formula is C15H24N2O. The van der Waals surface area contributed by atoms with E-state index in [4.69, 9.17) is 10.5 Å². The minimum atomic E-state index is 0.387. The van der Waals surface area contributed by atoms with Gasteiger partial charge >= 0.3 is 0 Å². The summed E-state index contributed by atoms with van der Waals surface area (Å²) in [4.78, 5) is 2.28. The second-order valence-electron chi connectivity index (χ2n) is 5.18. The standard InChI is InChI=1S/C15H24N2O/c1-12-9-14(7-6-13(12)10-16)17(2)11-15-5-3-4-8-18-15/h6-7,9,15H,3-5,8,10-11,16H2,1-2H3. The largest absolute Gasteiger partial charge is 0.376 e. The van der Waals surface area contributed by atoms with Crippen molar-refractivity contribution < 1.29 is 4.74 Å². The Bertz CT molecular complexity index is 386. The maximum atomic E-state index is 5.78. The van der Waals surface area contributed by atoms with Gasteiger partial charge in [-0.3, -0.25) is 0 Å². The molecule has 18 heavy (non-hydrogen) atoms. The lowest BCUT2D eigenvalue weighted by Crippen LogP contribution is -2.33. The quantitative estimate of drug-likeness (QED) is 0.889. The summed E-state index contributed by atoms with van der Waals surface area (Å²) in [6, 6.07) is 6.49. The zero-order chi connectivity index (χ0) is 13.0. The second kappa shape index (κ2) is 6.21. The number of hydrogen-bond acceptors (Lipinski definition) is 3. The molecule has 0 spiro atoms. The third-order valence-corrected chi connectivity index (χ3v) is 3.74. The molecule has 0 aromatic heterocycles. The molecule has 1 saturated heterocycles. The number of likely N-dealkylation sites (N-methyl/N-ethyl adjacent to an activating group) is 1. The van der Waals surface area contributed by atoms with Crippen LogP contribution < -0.4 is 10.6 Å². The van der Waals surface area contributed by atoms with Crippen LogP contribution in [0.1, 0.15) is 30.4 Å². The Morgan fingerprint density at radius 3 is 2.83 bits per heavy atom. The van der Waals surface area contributed by atoms with Crippen molar-refractivity contribution in [3.63, 3.8) is 0 Å². The van der Waals surface area contributed by atoms with Crippen LogP contribution in [0.4, 0.5) is 5.69 Å².